The van der Waals surface area contributed by atoms with Crippen molar-refractivity contribution < 1.29 is 0 Å². The summed E-state index contributed by atoms with van der Waals surface area (Å²) in [5.41, 5.74) is 9.78. The Balaban J connectivity index is 2.09. The van der Waals surface area contributed by atoms with Gasteiger partial charge in [0.25, 0.3) is 0 Å². The Bertz CT molecular complexity index is 640. The molecule has 2 N–H and O–H groups in total. The summed E-state index contributed by atoms with van der Waals surface area (Å²) in [7, 11) is 2.12. The summed E-state index contributed by atoms with van der Waals surface area (Å²) in [6.07, 6.45) is 0. The fourth-order valence-electron chi connectivity index (χ4n) is 3.19. The van der Waals surface area contributed by atoms with Gasteiger partial charge in [0, 0.05) is 35.1 Å². The number of nitrogens with two attached hydrogens (primary N) is 1. The Morgan fingerprint density at radius 1 is 1.05 bits per heavy atom. The van der Waals surface area contributed by atoms with E-state index >= 15 is 0 Å². The highest BCUT2D eigenvalue weighted by molar-refractivity contribution is 6.30. The van der Waals surface area contributed by atoms with Gasteiger partial charge >= 0.3 is 0 Å². The van der Waals surface area contributed by atoms with Crippen molar-refractivity contribution in [3.63, 3.8) is 0 Å². The standard InChI is InChI=1S/C17H18Cl2N2/c1-21-10-16(11-2-4-12(18)5-3-11)14-7-6-13(19)8-15(14)17(21)9-20/h2-8,16-17H,9-10,20H2,1H3. The summed E-state index contributed by atoms with van der Waals surface area (Å²) < 4.78 is 0. The fourth-order valence-corrected chi connectivity index (χ4v) is 3.50. The molecule has 0 fully saturated rings. The molecule has 4 heteroatoms. The maximum atomic E-state index is 6.18. The molecule has 0 bridgehead atoms. The summed E-state index contributed by atoms with van der Waals surface area (Å²) in [6.45, 7) is 1.54. The zero-order chi connectivity index (χ0) is 15.0. The van der Waals surface area contributed by atoms with Gasteiger partial charge in [-0.3, -0.25) is 4.90 Å². The summed E-state index contributed by atoms with van der Waals surface area (Å²) in [5, 5.41) is 1.52. The van der Waals surface area contributed by atoms with Crippen LogP contribution < -0.4 is 5.73 Å². The number of hydrogen-bond donors (Lipinski definition) is 1. The quantitative estimate of drug-likeness (QED) is 0.903. The van der Waals surface area contributed by atoms with Crippen molar-refractivity contribution in [3.05, 3.63) is 69.2 Å². The number of fused-ring (bicyclic) bond motifs is 1. The van der Waals surface area contributed by atoms with Crippen molar-refractivity contribution in [1.29, 1.82) is 0 Å². The predicted molar refractivity (Wildman–Crippen MR) is 89.2 cm³/mol. The highest BCUT2D eigenvalue weighted by Crippen LogP contribution is 2.39. The third-order valence-electron chi connectivity index (χ3n) is 4.28. The van der Waals surface area contributed by atoms with Crippen LogP contribution in [0.25, 0.3) is 0 Å². The van der Waals surface area contributed by atoms with Crippen LogP contribution in [0.2, 0.25) is 10.0 Å². The molecule has 2 atom stereocenters. The zero-order valence-electron chi connectivity index (χ0n) is 11.9. The Morgan fingerprint density at radius 3 is 2.38 bits per heavy atom. The van der Waals surface area contributed by atoms with Crippen molar-refractivity contribution in [2.45, 2.75) is 12.0 Å². The lowest BCUT2D eigenvalue weighted by Crippen LogP contribution is -2.39. The average Bonchev–Trinajstić information content (AvgIpc) is 2.47. The monoisotopic (exact) mass is 320 g/mol. The highest BCUT2D eigenvalue weighted by atomic mass is 35.5. The molecule has 2 unspecified atom stereocenters. The van der Waals surface area contributed by atoms with Gasteiger partial charge in [-0.25, -0.2) is 0 Å². The van der Waals surface area contributed by atoms with Gasteiger partial charge in [0.2, 0.25) is 0 Å². The lowest BCUT2D eigenvalue weighted by molar-refractivity contribution is 0.223. The van der Waals surface area contributed by atoms with E-state index < -0.39 is 0 Å². The Morgan fingerprint density at radius 2 is 1.71 bits per heavy atom. The molecule has 0 aromatic heterocycles. The molecule has 0 saturated heterocycles. The molecular formula is C17H18Cl2N2. The Labute approximate surface area is 135 Å². The molecule has 2 nitrogen and oxygen atoms in total. The normalized spacial score (nSPS) is 22.1. The topological polar surface area (TPSA) is 29.3 Å². The maximum Gasteiger partial charge on any atom is 0.0471 e. The van der Waals surface area contributed by atoms with E-state index in [1.165, 1.54) is 16.7 Å². The molecule has 1 aliphatic rings. The highest BCUT2D eigenvalue weighted by Gasteiger charge is 2.31. The van der Waals surface area contributed by atoms with Crippen molar-refractivity contribution in [3.8, 4) is 0 Å². The van der Waals surface area contributed by atoms with Gasteiger partial charge in [-0.05, 0) is 48.0 Å². The maximum absolute atomic E-state index is 6.18. The van der Waals surface area contributed by atoms with Crippen molar-refractivity contribution in [1.82, 2.24) is 4.90 Å². The van der Waals surface area contributed by atoms with Crippen LogP contribution in [-0.2, 0) is 0 Å². The summed E-state index contributed by atoms with van der Waals surface area (Å²) in [4.78, 5) is 2.30. The smallest absolute Gasteiger partial charge is 0.0471 e. The van der Waals surface area contributed by atoms with E-state index in [-0.39, 0.29) is 6.04 Å². The second kappa shape index (κ2) is 5.98. The first-order valence-electron chi connectivity index (χ1n) is 7.05. The second-order valence-electron chi connectivity index (χ2n) is 5.57. The summed E-state index contributed by atoms with van der Waals surface area (Å²) >= 11 is 12.2. The van der Waals surface area contributed by atoms with Crippen LogP contribution in [0.15, 0.2) is 42.5 Å². The number of nitrogens with zero attached hydrogens (tertiary/aromatic N) is 1. The molecule has 1 aliphatic heterocycles. The van der Waals surface area contributed by atoms with Crippen molar-refractivity contribution in [2.75, 3.05) is 20.1 Å². The third kappa shape index (κ3) is 2.82. The second-order valence-corrected chi connectivity index (χ2v) is 6.44. The molecule has 0 aliphatic carbocycles. The van der Waals surface area contributed by atoms with Crippen LogP contribution in [0.3, 0.4) is 0 Å². The lowest BCUT2D eigenvalue weighted by Gasteiger charge is -2.39. The summed E-state index contributed by atoms with van der Waals surface area (Å²) in [6, 6.07) is 14.5. The van der Waals surface area contributed by atoms with E-state index in [0.717, 1.165) is 16.6 Å². The molecule has 0 amide bonds. The van der Waals surface area contributed by atoms with Gasteiger partial charge in [0.05, 0.1) is 0 Å². The van der Waals surface area contributed by atoms with Crippen molar-refractivity contribution >= 4 is 23.2 Å². The predicted octanol–water partition coefficient (Wildman–Crippen LogP) is 4.07. The number of hydrogen-bond acceptors (Lipinski definition) is 2. The number of rotatable bonds is 2. The minimum absolute atomic E-state index is 0.224. The number of halogens is 2. The van der Waals surface area contributed by atoms with Gasteiger partial charge < -0.3 is 5.73 Å². The van der Waals surface area contributed by atoms with Gasteiger partial charge in [-0.2, -0.15) is 0 Å². The Kier molecular flexibility index (Phi) is 4.23. The molecule has 110 valence electrons. The van der Waals surface area contributed by atoms with Crippen LogP contribution in [0, 0.1) is 0 Å². The van der Waals surface area contributed by atoms with Gasteiger partial charge in [0.15, 0.2) is 0 Å². The van der Waals surface area contributed by atoms with Gasteiger partial charge in [-0.15, -0.1) is 0 Å². The fraction of sp³-hybridized carbons (Fsp3) is 0.294. The molecule has 2 aromatic carbocycles. The molecule has 0 saturated carbocycles. The largest absolute Gasteiger partial charge is 0.329 e. The van der Waals surface area contributed by atoms with Crippen LogP contribution in [0.4, 0.5) is 0 Å². The van der Waals surface area contributed by atoms with E-state index in [0.29, 0.717) is 12.5 Å². The SMILES string of the molecule is CN1CC(c2ccc(Cl)cc2)c2ccc(Cl)cc2C1CN. The van der Waals surface area contributed by atoms with E-state index in [4.69, 9.17) is 28.9 Å². The molecule has 21 heavy (non-hydrogen) atoms. The average molecular weight is 321 g/mol. The molecule has 0 radical (unpaired) electrons. The van der Waals surface area contributed by atoms with Crippen LogP contribution in [-0.4, -0.2) is 25.0 Å². The zero-order valence-corrected chi connectivity index (χ0v) is 13.4. The number of likely N-dealkylation sites (N-methyl/N-ethyl adjacent to an activating group) is 1. The van der Waals surface area contributed by atoms with E-state index in [1.54, 1.807) is 0 Å². The lowest BCUT2D eigenvalue weighted by atomic mass is 9.81. The minimum Gasteiger partial charge on any atom is -0.329 e. The van der Waals surface area contributed by atoms with Gasteiger partial charge in [-0.1, -0.05) is 41.4 Å². The van der Waals surface area contributed by atoms with E-state index in [1.807, 2.05) is 24.3 Å². The van der Waals surface area contributed by atoms with Crippen molar-refractivity contribution in [2.24, 2.45) is 5.73 Å². The first-order valence-corrected chi connectivity index (χ1v) is 7.81. The number of benzene rings is 2. The summed E-state index contributed by atoms with van der Waals surface area (Å²) in [5.74, 6) is 0.322. The van der Waals surface area contributed by atoms with Crippen LogP contribution >= 0.6 is 23.2 Å². The molecule has 0 spiro atoms. The molecule has 2 aromatic rings. The molecule has 1 heterocycles. The van der Waals surface area contributed by atoms with Crippen LogP contribution in [0.5, 0.6) is 0 Å². The van der Waals surface area contributed by atoms with Gasteiger partial charge in [0.1, 0.15) is 0 Å². The van der Waals surface area contributed by atoms with Crippen LogP contribution in [0.1, 0.15) is 28.7 Å². The Hall–Kier alpha value is -1.06. The first-order chi connectivity index (χ1) is 10.1. The van der Waals surface area contributed by atoms with E-state index in [2.05, 4.69) is 30.1 Å². The first kappa shape index (κ1) is 14.9. The third-order valence-corrected chi connectivity index (χ3v) is 4.77. The molecular weight excluding hydrogens is 303 g/mol. The molecule has 3 rings (SSSR count). The minimum atomic E-state index is 0.224. The van der Waals surface area contributed by atoms with E-state index in [9.17, 15) is 0 Å².